The summed E-state index contributed by atoms with van der Waals surface area (Å²) in [6.07, 6.45) is 0. The summed E-state index contributed by atoms with van der Waals surface area (Å²) < 4.78 is 15.7. The van der Waals surface area contributed by atoms with Crippen LogP contribution >= 0.6 is 0 Å². The third kappa shape index (κ3) is 6.78. The van der Waals surface area contributed by atoms with E-state index in [-0.39, 0.29) is 0 Å². The van der Waals surface area contributed by atoms with Crippen molar-refractivity contribution in [3.05, 3.63) is 261 Å². The first-order chi connectivity index (χ1) is 35.2. The largest absolute Gasteiger partial charge is 0.456 e. The highest BCUT2D eigenvalue weighted by Crippen LogP contribution is 2.48. The van der Waals surface area contributed by atoms with Crippen molar-refractivity contribution in [2.24, 2.45) is 0 Å². The fourth-order valence-corrected chi connectivity index (χ4v) is 10.8. The zero-order valence-electron chi connectivity index (χ0n) is 38.5. The van der Waals surface area contributed by atoms with Gasteiger partial charge in [0.2, 0.25) is 0 Å². The second-order valence-electron chi connectivity index (χ2n) is 18.1. The molecule has 0 amide bonds. The summed E-state index contributed by atoms with van der Waals surface area (Å²) in [6, 6.07) is 93.1. The number of anilines is 6. The summed E-state index contributed by atoms with van der Waals surface area (Å²) in [5, 5.41) is 6.71. The minimum absolute atomic E-state index is 0.827. The summed E-state index contributed by atoms with van der Waals surface area (Å²) in [5.41, 5.74) is 17.1. The lowest BCUT2D eigenvalue weighted by Gasteiger charge is -2.30. The van der Waals surface area contributed by atoms with Crippen LogP contribution in [0.15, 0.2) is 270 Å². The van der Waals surface area contributed by atoms with E-state index >= 15 is 0 Å². The van der Waals surface area contributed by atoms with Gasteiger partial charge >= 0.3 is 0 Å². The van der Waals surface area contributed by atoms with Gasteiger partial charge in [-0.25, -0.2) is 0 Å². The zero-order valence-corrected chi connectivity index (χ0v) is 38.5. The van der Waals surface area contributed by atoms with Crippen LogP contribution < -0.4 is 9.80 Å². The maximum atomic E-state index is 6.59. The zero-order chi connectivity index (χ0) is 46.8. The molecule has 0 spiro atoms. The highest BCUT2D eigenvalue weighted by atomic mass is 16.3. The number of nitrogens with zero attached hydrogens (tertiary/aromatic N) is 3. The molecule has 0 aliphatic rings. The van der Waals surface area contributed by atoms with Crippen LogP contribution in [0.2, 0.25) is 0 Å². The van der Waals surface area contributed by atoms with Gasteiger partial charge in [-0.05, 0) is 90.0 Å². The predicted octanol–water partition coefficient (Wildman–Crippen LogP) is 18.9. The third-order valence-corrected chi connectivity index (χ3v) is 13.9. The Morgan fingerprint density at radius 3 is 1.08 bits per heavy atom. The smallest absolute Gasteiger partial charge is 0.137 e. The van der Waals surface area contributed by atoms with E-state index in [1.54, 1.807) is 0 Å². The molecule has 0 N–H and O–H groups in total. The molecule has 11 aromatic carbocycles. The Hall–Kier alpha value is -9.58. The van der Waals surface area contributed by atoms with Crippen LogP contribution in [-0.4, -0.2) is 4.57 Å². The Bertz CT molecular complexity index is 4020. The molecule has 0 bridgehead atoms. The van der Waals surface area contributed by atoms with Crippen molar-refractivity contribution in [1.82, 2.24) is 4.57 Å². The van der Waals surface area contributed by atoms with Crippen molar-refractivity contribution in [2.45, 2.75) is 0 Å². The fourth-order valence-electron chi connectivity index (χ4n) is 10.8. The summed E-state index contributed by atoms with van der Waals surface area (Å²) in [5.74, 6) is 0. The van der Waals surface area contributed by atoms with Crippen molar-refractivity contribution >= 4 is 99.8 Å². The Kier molecular flexibility index (Phi) is 9.46. The molecule has 0 saturated heterocycles. The molecule has 0 saturated carbocycles. The van der Waals surface area contributed by atoms with E-state index in [1.807, 2.05) is 24.3 Å². The Morgan fingerprint density at radius 1 is 0.254 bits per heavy atom. The average Bonchev–Trinajstić information content (AvgIpc) is 4.11. The molecule has 334 valence electrons. The van der Waals surface area contributed by atoms with Gasteiger partial charge in [-0.3, -0.25) is 0 Å². The first-order valence-electron chi connectivity index (χ1n) is 24.1. The van der Waals surface area contributed by atoms with Crippen molar-refractivity contribution in [2.75, 3.05) is 9.80 Å². The van der Waals surface area contributed by atoms with E-state index in [1.165, 1.54) is 10.8 Å². The third-order valence-electron chi connectivity index (χ3n) is 13.9. The molecule has 3 heterocycles. The van der Waals surface area contributed by atoms with Gasteiger partial charge in [0.25, 0.3) is 0 Å². The number of aromatic nitrogens is 1. The topological polar surface area (TPSA) is 37.7 Å². The van der Waals surface area contributed by atoms with Crippen LogP contribution in [0.5, 0.6) is 0 Å². The van der Waals surface area contributed by atoms with Gasteiger partial charge in [0.1, 0.15) is 22.3 Å². The quantitative estimate of drug-likeness (QED) is 0.145. The number of hydrogen-bond acceptors (Lipinski definition) is 4. The number of fused-ring (bicyclic) bond motifs is 9. The molecule has 0 radical (unpaired) electrons. The predicted molar refractivity (Wildman–Crippen MR) is 296 cm³/mol. The second kappa shape index (κ2) is 16.6. The molecule has 0 atom stereocenters. The average molecular weight is 910 g/mol. The highest BCUT2D eigenvalue weighted by Gasteiger charge is 2.25. The lowest BCUT2D eigenvalue weighted by molar-refractivity contribution is 0.668. The van der Waals surface area contributed by atoms with Crippen LogP contribution in [0.25, 0.3) is 93.6 Å². The normalized spacial score (nSPS) is 11.7. The number of hydrogen-bond donors (Lipinski definition) is 0. The lowest BCUT2D eigenvalue weighted by Crippen LogP contribution is -2.14. The van der Waals surface area contributed by atoms with Gasteiger partial charge in [-0.15, -0.1) is 0 Å². The molecule has 0 aliphatic heterocycles. The Balaban J connectivity index is 1.11. The number of rotatable bonds is 9. The lowest BCUT2D eigenvalue weighted by atomic mass is 10.0. The van der Waals surface area contributed by atoms with Crippen molar-refractivity contribution in [3.8, 4) is 27.9 Å². The molecule has 14 aromatic rings. The van der Waals surface area contributed by atoms with E-state index in [9.17, 15) is 0 Å². The molecule has 0 fully saturated rings. The second-order valence-corrected chi connectivity index (χ2v) is 18.1. The molecule has 3 aromatic heterocycles. The van der Waals surface area contributed by atoms with Gasteiger partial charge in [0.15, 0.2) is 0 Å². The van der Waals surface area contributed by atoms with Gasteiger partial charge in [-0.2, -0.15) is 0 Å². The molecular weight excluding hydrogens is 867 g/mol. The van der Waals surface area contributed by atoms with Crippen molar-refractivity contribution in [1.29, 1.82) is 0 Å². The van der Waals surface area contributed by atoms with E-state index in [0.717, 1.165) is 117 Å². The summed E-state index contributed by atoms with van der Waals surface area (Å²) in [6.45, 7) is 0. The molecule has 71 heavy (non-hydrogen) atoms. The maximum Gasteiger partial charge on any atom is 0.137 e. The number of furan rings is 2. The van der Waals surface area contributed by atoms with Crippen LogP contribution in [-0.2, 0) is 0 Å². The number of para-hydroxylation sites is 6. The van der Waals surface area contributed by atoms with Crippen molar-refractivity contribution < 1.29 is 8.83 Å². The first kappa shape index (κ1) is 40.5. The van der Waals surface area contributed by atoms with Crippen LogP contribution in [0.4, 0.5) is 34.1 Å². The van der Waals surface area contributed by atoms with Gasteiger partial charge in [0, 0.05) is 78.3 Å². The van der Waals surface area contributed by atoms with E-state index in [0.29, 0.717) is 0 Å². The maximum absolute atomic E-state index is 6.59. The van der Waals surface area contributed by atoms with E-state index in [2.05, 4.69) is 251 Å². The minimum atomic E-state index is 0.827. The van der Waals surface area contributed by atoms with Crippen LogP contribution in [0, 0.1) is 0 Å². The first-order valence-corrected chi connectivity index (χ1v) is 24.1. The monoisotopic (exact) mass is 909 g/mol. The molecule has 14 rings (SSSR count). The van der Waals surface area contributed by atoms with E-state index < -0.39 is 0 Å². The minimum Gasteiger partial charge on any atom is -0.456 e. The van der Waals surface area contributed by atoms with Gasteiger partial charge in [0.05, 0.1) is 28.1 Å². The van der Waals surface area contributed by atoms with Crippen LogP contribution in [0.3, 0.4) is 0 Å². The van der Waals surface area contributed by atoms with Gasteiger partial charge in [-0.1, -0.05) is 170 Å². The molecule has 0 unspecified atom stereocenters. The highest BCUT2D eigenvalue weighted by molar-refractivity contribution is 6.17. The van der Waals surface area contributed by atoms with Gasteiger partial charge < -0.3 is 23.2 Å². The standard InChI is InChI=1S/C66H43N3O2/c1-5-19-44(20-6-1)53-29-17-31-59-60-32-18-30-54(45-21-7-2-8-22-45)66(60)69(65(53)59)52-40-50(67(46-23-9-3-10-24-46)48-35-37-57-55-27-13-15-33-61(55)70-63(57)42-48)39-51(41-52)68(47-25-11-4-12-26-47)49-36-38-58-56-28-14-16-34-62(56)71-64(58)43-49/h1-43H. The summed E-state index contributed by atoms with van der Waals surface area (Å²) in [4.78, 5) is 4.71. The molecular formula is C66H43N3O2. The molecule has 0 aliphatic carbocycles. The fraction of sp³-hybridized carbons (Fsp3) is 0. The summed E-state index contributed by atoms with van der Waals surface area (Å²) >= 11 is 0. The summed E-state index contributed by atoms with van der Waals surface area (Å²) in [7, 11) is 0. The molecule has 5 heteroatoms. The Morgan fingerprint density at radius 2 is 0.634 bits per heavy atom. The van der Waals surface area contributed by atoms with Crippen molar-refractivity contribution in [3.63, 3.8) is 0 Å². The molecule has 5 nitrogen and oxygen atoms in total. The van der Waals surface area contributed by atoms with Crippen LogP contribution in [0.1, 0.15) is 0 Å². The van der Waals surface area contributed by atoms with E-state index in [4.69, 9.17) is 8.83 Å². The number of benzene rings is 11. The SMILES string of the molecule is c1ccc(-c2cccc3c4cccc(-c5ccccc5)c4n(-c4cc(N(c5ccccc5)c5ccc6c(c5)oc5ccccc56)cc(N(c5ccccc5)c5ccc6c(c5)oc5ccccc56)c4)c23)cc1. The Labute approximate surface area is 409 Å².